The first-order chi connectivity index (χ1) is 47.1. The maximum absolute atomic E-state index is 14.7. The molecule has 0 saturated carbocycles. The number of aliphatic hydroxyl groups is 1. The van der Waals surface area contributed by atoms with Gasteiger partial charge in [0.2, 0.25) is 5.95 Å². The van der Waals surface area contributed by atoms with E-state index in [0.717, 1.165) is 44.9 Å². The quantitative estimate of drug-likeness (QED) is 0.0270. The molecule has 5 aliphatic rings. The number of nitrogen functional groups attached to an aromatic ring is 3. The number of hydrogen-bond acceptors (Lipinski definition) is 34. The van der Waals surface area contributed by atoms with Crippen molar-refractivity contribution in [2.75, 3.05) is 76.9 Å². The van der Waals surface area contributed by atoms with Gasteiger partial charge < -0.3 is 86.9 Å². The molecule has 10 N–H and O–H groups in total. The van der Waals surface area contributed by atoms with Crippen LogP contribution in [0, 0.1) is 13.8 Å². The smallest absolute Gasteiger partial charge is 0.351 e. The Hall–Kier alpha value is -7.30. The molecule has 0 spiro atoms. The third-order valence-corrected chi connectivity index (χ3v) is 21.7. The Morgan fingerprint density at radius 2 is 0.870 bits per heavy atom. The van der Waals surface area contributed by atoms with Crippen LogP contribution in [0.2, 0.25) is 0 Å². The number of fused-ring (bicyclic) bond motifs is 1. The number of anilines is 3. The van der Waals surface area contributed by atoms with Crippen LogP contribution in [-0.2, 0) is 87.7 Å². The van der Waals surface area contributed by atoms with E-state index in [-0.39, 0.29) is 72.0 Å². The maximum atomic E-state index is 14.7. The first-order valence-electron chi connectivity index (χ1n) is 30.8. The van der Waals surface area contributed by atoms with E-state index in [1.807, 2.05) is 0 Å². The van der Waals surface area contributed by atoms with Gasteiger partial charge in [-0.1, -0.05) is 0 Å². The topological polar surface area (TPSA) is 556 Å². The number of nitrogens with one attached hydrogen (secondary N) is 3. The third-order valence-electron chi connectivity index (χ3n) is 16.6. The van der Waals surface area contributed by atoms with Gasteiger partial charge in [0, 0.05) is 102 Å². The first-order valence-corrected chi connectivity index (χ1v) is 38.8. The third kappa shape index (κ3) is 17.2. The molecule has 11 rings (SSSR count). The number of H-pyrrole nitrogens is 3. The van der Waals surface area contributed by atoms with Crippen LogP contribution in [0.15, 0.2) is 76.8 Å². The van der Waals surface area contributed by atoms with Crippen molar-refractivity contribution >= 4 is 65.1 Å². The Labute approximate surface area is 563 Å². The zero-order valence-corrected chi connectivity index (χ0v) is 58.0. The Morgan fingerprint density at radius 3 is 1.25 bits per heavy atom. The van der Waals surface area contributed by atoms with Crippen LogP contribution < -0.4 is 56.6 Å². The monoisotopic (exact) mass is 1490 g/mol. The van der Waals surface area contributed by atoms with Crippen LogP contribution in [0.3, 0.4) is 0 Å². The van der Waals surface area contributed by atoms with Gasteiger partial charge in [-0.25, -0.2) is 24.2 Å². The van der Waals surface area contributed by atoms with Gasteiger partial charge in [0.25, 0.3) is 16.7 Å². The minimum Gasteiger partial charge on any atom is -0.460 e. The minimum atomic E-state index is -4.41. The van der Waals surface area contributed by atoms with E-state index in [9.17, 15) is 61.7 Å². The second-order valence-corrected chi connectivity index (χ2v) is 32.4. The number of carbonyl (C=O) groups is 1. The number of nitrogens with two attached hydrogens (primary N) is 3. The molecule has 546 valence electrons. The molecule has 11 heterocycles. The van der Waals surface area contributed by atoms with E-state index in [1.165, 1.54) is 68.6 Å². The van der Waals surface area contributed by atoms with Crippen LogP contribution in [0.4, 0.5) is 17.6 Å². The van der Waals surface area contributed by atoms with E-state index in [2.05, 4.69) is 34.9 Å². The van der Waals surface area contributed by atoms with Crippen molar-refractivity contribution in [3.8, 4) is 0 Å². The van der Waals surface area contributed by atoms with Crippen molar-refractivity contribution in [3.63, 3.8) is 0 Å². The lowest BCUT2D eigenvalue weighted by Crippen LogP contribution is -2.33. The fraction of sp³-hybridized carbons (Fsp3) is 0.593. The summed E-state index contributed by atoms with van der Waals surface area (Å²) >= 11 is 0. The fourth-order valence-electron chi connectivity index (χ4n) is 11.9. The first kappa shape index (κ1) is 73.9. The fourth-order valence-corrected chi connectivity index (χ4v) is 16.7. The van der Waals surface area contributed by atoms with Gasteiger partial charge in [-0.15, -0.1) is 0 Å². The van der Waals surface area contributed by atoms with Gasteiger partial charge in [-0.2, -0.15) is 15.0 Å². The van der Waals surface area contributed by atoms with Crippen molar-refractivity contribution in [3.05, 3.63) is 127 Å². The Balaban J connectivity index is 0.775. The van der Waals surface area contributed by atoms with Crippen LogP contribution >= 0.6 is 30.4 Å². The summed E-state index contributed by atoms with van der Waals surface area (Å²) in [5.74, 6) is -1.12. The van der Waals surface area contributed by atoms with E-state index in [1.54, 1.807) is 0 Å². The second kappa shape index (κ2) is 29.6. The number of aliphatic hydroxyl groups excluding tert-OH is 1. The van der Waals surface area contributed by atoms with Gasteiger partial charge in [-0.05, 0) is 26.0 Å². The molecular formula is C54H73N15O27P4. The molecular weight excluding hydrogens is 1410 g/mol. The number of esters is 1. The molecule has 6 aromatic rings. The highest BCUT2D eigenvalue weighted by Gasteiger charge is 2.49. The van der Waals surface area contributed by atoms with Crippen molar-refractivity contribution in [1.82, 2.24) is 57.7 Å². The lowest BCUT2D eigenvalue weighted by molar-refractivity contribution is -0.150. The molecule has 0 bridgehead atoms. The molecule has 6 aromatic heterocycles. The van der Waals surface area contributed by atoms with Crippen LogP contribution in [-0.4, -0.2) is 190 Å². The maximum Gasteiger partial charge on any atom is 0.351 e. The van der Waals surface area contributed by atoms with Crippen LogP contribution in [0.1, 0.15) is 81.3 Å². The van der Waals surface area contributed by atoms with Crippen molar-refractivity contribution in [2.45, 2.75) is 145 Å². The predicted octanol–water partition coefficient (Wildman–Crippen LogP) is 0.358. The summed E-state index contributed by atoms with van der Waals surface area (Å²) in [6, 6.07) is 2.63. The number of ether oxygens (including phenoxy) is 6. The van der Waals surface area contributed by atoms with Gasteiger partial charge in [-0.3, -0.25) is 75.2 Å². The SMILES string of the molecule is CC(=O)O[C@H]1C[C@H](n2cnc3c(=O)[nH]c(N)nc32)O[C@@H]1CO[P@](C)(=O)O[C@H]1C[C@H](n2cc(C)c(=O)[nH]c2=O)O[C@@H]1CO[P@](C)(=O)O[C@H]1C[C@H](n2ccc(N)nc2=O)O[C@@H]1CO[P@](C)(=O)O[C@H]1C[C@H](n2ccc(N)nc2=O)O[C@@H]1CO[P@](C)(=O)O[C@H]1C[C@H](n2cc(C)c(=O)[nH]c2=O)O[C@@H]1CO. The molecule has 5 saturated heterocycles. The van der Waals surface area contributed by atoms with Gasteiger partial charge in [0.15, 0.2) is 11.2 Å². The van der Waals surface area contributed by atoms with Crippen LogP contribution in [0.25, 0.3) is 11.2 Å². The van der Waals surface area contributed by atoms with Crippen molar-refractivity contribution < 1.29 is 92.8 Å². The second-order valence-electron chi connectivity index (χ2n) is 24.3. The molecule has 5 aliphatic heterocycles. The summed E-state index contributed by atoms with van der Waals surface area (Å²) in [5.41, 5.74) is 12.4. The summed E-state index contributed by atoms with van der Waals surface area (Å²) in [4.78, 5) is 124. The van der Waals surface area contributed by atoms with E-state index in [4.69, 9.17) is 81.8 Å². The van der Waals surface area contributed by atoms with E-state index in [0.29, 0.717) is 0 Å². The number of hydrogen-bond donors (Lipinski definition) is 7. The minimum absolute atomic E-state index is 0.00307. The highest BCUT2D eigenvalue weighted by Crippen LogP contribution is 2.55. The number of aromatic nitrogens is 12. The summed E-state index contributed by atoms with van der Waals surface area (Å²) in [5, 5.41) is 10.2. The van der Waals surface area contributed by atoms with E-state index < -0.39 is 201 Å². The number of imidazole rings is 1. The largest absolute Gasteiger partial charge is 0.460 e. The normalized spacial score (nSPS) is 29.3. The van der Waals surface area contributed by atoms with Crippen molar-refractivity contribution in [1.29, 1.82) is 0 Å². The Kier molecular flexibility index (Phi) is 21.9. The van der Waals surface area contributed by atoms with E-state index >= 15 is 0 Å². The summed E-state index contributed by atoms with van der Waals surface area (Å²) in [6.07, 6.45) is -12.4. The highest BCUT2D eigenvalue weighted by molar-refractivity contribution is 7.53. The molecule has 0 aliphatic carbocycles. The van der Waals surface area contributed by atoms with Gasteiger partial charge in [0.05, 0.1) is 63.8 Å². The molecule has 42 nitrogen and oxygen atoms in total. The Bertz CT molecular complexity index is 4710. The average Bonchev–Trinajstić information content (AvgIpc) is 1.64. The number of rotatable bonds is 27. The lowest BCUT2D eigenvalue weighted by atomic mass is 10.2. The Morgan fingerprint density at radius 1 is 0.520 bits per heavy atom. The molecule has 0 amide bonds. The molecule has 0 aromatic carbocycles. The molecule has 100 heavy (non-hydrogen) atoms. The predicted molar refractivity (Wildman–Crippen MR) is 343 cm³/mol. The molecule has 19 atom stereocenters. The highest BCUT2D eigenvalue weighted by atomic mass is 31.2. The molecule has 46 heteroatoms. The summed E-state index contributed by atoms with van der Waals surface area (Å²) < 4.78 is 148. The lowest BCUT2D eigenvalue weighted by Gasteiger charge is -2.27. The van der Waals surface area contributed by atoms with Crippen LogP contribution in [0.5, 0.6) is 0 Å². The molecule has 5 fully saturated rings. The molecule has 0 unspecified atom stereocenters. The summed E-state index contributed by atoms with van der Waals surface area (Å²) in [7, 11) is -17.3. The number of carbonyl (C=O) groups excluding carboxylic acids is 1. The number of aryl methyl sites for hydroxylation is 2. The standard InChI is InChI=1S/C54H73N15O27P4/c1-25-17-67(53(77)63-47(25)72)42-13-29(33(19-70)88-42)93-97(4,79)84-21-35-30(14-40(90-35)65-10-8-38(55)59-51(65)75)94-99(6,81)85-22-36-31(15-41(91-36)66-11-9-39(56)60-52(66)76)95-100(7,82)86-23-37-32(16-43(92-37)68-18-26(2)48(73)64-54(68)78)96-98(5,80)83-20-34-28(87-27(3)71)12-44(89-34)69-24-58-45-46(69)61-50(57)62-49(45)74/h8-11,17-18,24,28-37,40-44,70H,12-16,19-23H2,1-7H3,(H2,55,59,75)(H2,56,60,76)(H,63,72,77)(H,64,73,78)(H3,57,61,62,74)/t28-,29-,30-,31-,32-,33+,34+,35+,36+,37+,40+,41+,42+,43+,44+,97-,98-,99-,100-/m0/s1. The van der Waals surface area contributed by atoms with Crippen molar-refractivity contribution in [2.24, 2.45) is 0 Å². The molecule has 0 radical (unpaired) electrons. The summed E-state index contributed by atoms with van der Waals surface area (Å²) in [6.45, 7) is 5.40. The van der Waals surface area contributed by atoms with Gasteiger partial charge >= 0.3 is 59.1 Å². The number of aromatic amines is 3. The zero-order valence-electron chi connectivity index (χ0n) is 54.4. The van der Waals surface area contributed by atoms with Gasteiger partial charge in [0.1, 0.15) is 79.4 Å². The number of nitrogens with zero attached hydrogens (tertiary/aromatic N) is 9. The average molecular weight is 1490 g/mol. The zero-order chi connectivity index (χ0) is 72.1.